The Morgan fingerprint density at radius 1 is 1.21 bits per heavy atom. The lowest BCUT2D eigenvalue weighted by Gasteiger charge is -2.12. The number of thioether (sulfide) groups is 1. The highest BCUT2D eigenvalue weighted by atomic mass is 32.2. The van der Waals surface area contributed by atoms with Gasteiger partial charge in [0.15, 0.2) is 0 Å². The predicted octanol–water partition coefficient (Wildman–Crippen LogP) is 3.86. The van der Waals surface area contributed by atoms with Crippen LogP contribution in [0.2, 0.25) is 0 Å². The van der Waals surface area contributed by atoms with Gasteiger partial charge in [0.2, 0.25) is 5.91 Å². The Hall–Kier alpha value is -2.53. The summed E-state index contributed by atoms with van der Waals surface area (Å²) in [5, 5.41) is 3.20. The molecule has 0 saturated heterocycles. The number of amides is 1. The molecule has 5 heteroatoms. The number of nitrogens with zero attached hydrogens (tertiary/aromatic N) is 2. The highest BCUT2D eigenvalue weighted by Gasteiger charge is 2.26. The molecule has 2 aromatic heterocycles. The molecular weight excluding hydrogens is 318 g/mol. The van der Waals surface area contributed by atoms with Crippen molar-refractivity contribution in [1.82, 2.24) is 9.55 Å². The van der Waals surface area contributed by atoms with E-state index in [4.69, 9.17) is 0 Å². The molecule has 0 bridgehead atoms. The smallest absolute Gasteiger partial charge is 0.228 e. The third-order valence-corrected chi connectivity index (χ3v) is 5.38. The number of rotatable bonds is 4. The number of hydrogen-bond acceptors (Lipinski definition) is 3. The minimum absolute atomic E-state index is 0.0185. The van der Waals surface area contributed by atoms with Gasteiger partial charge >= 0.3 is 0 Å². The van der Waals surface area contributed by atoms with Crippen molar-refractivity contribution in [2.75, 3.05) is 5.32 Å². The maximum Gasteiger partial charge on any atom is 0.228 e. The van der Waals surface area contributed by atoms with E-state index in [-0.39, 0.29) is 11.3 Å². The zero-order valence-electron chi connectivity index (χ0n) is 13.1. The van der Waals surface area contributed by atoms with Crippen molar-refractivity contribution >= 4 is 23.4 Å². The van der Waals surface area contributed by atoms with Gasteiger partial charge in [-0.15, -0.1) is 11.8 Å². The van der Waals surface area contributed by atoms with Crippen molar-refractivity contribution < 1.29 is 4.79 Å². The first kappa shape index (κ1) is 15.0. The van der Waals surface area contributed by atoms with Crippen LogP contribution in [-0.2, 0) is 17.0 Å². The van der Waals surface area contributed by atoms with Crippen LogP contribution >= 0.6 is 11.8 Å². The fourth-order valence-electron chi connectivity index (χ4n) is 2.99. The first-order chi connectivity index (χ1) is 11.8. The van der Waals surface area contributed by atoms with Crippen molar-refractivity contribution in [3.8, 4) is 0 Å². The van der Waals surface area contributed by atoms with E-state index in [0.29, 0.717) is 6.42 Å². The molecule has 0 saturated carbocycles. The SMILES string of the molecule is O=C(Cc1ccn2c1CSC2c1cccnc1)Nc1ccccc1. The highest BCUT2D eigenvalue weighted by molar-refractivity contribution is 7.99. The quantitative estimate of drug-likeness (QED) is 0.787. The van der Waals surface area contributed by atoms with Gasteiger partial charge in [-0.25, -0.2) is 0 Å². The van der Waals surface area contributed by atoms with Gasteiger partial charge in [-0.05, 0) is 29.8 Å². The average molecular weight is 335 g/mol. The molecule has 0 spiro atoms. The average Bonchev–Trinajstić information content (AvgIpc) is 3.20. The number of carbonyl (C=O) groups excluding carboxylic acids is 1. The Labute approximate surface area is 144 Å². The van der Waals surface area contributed by atoms with Gasteiger partial charge in [-0.1, -0.05) is 24.3 Å². The number of nitrogens with one attached hydrogen (secondary N) is 1. The molecule has 1 N–H and O–H groups in total. The summed E-state index contributed by atoms with van der Waals surface area (Å²) in [5.41, 5.74) is 4.36. The lowest BCUT2D eigenvalue weighted by Crippen LogP contribution is -2.14. The Kier molecular flexibility index (Phi) is 4.09. The monoisotopic (exact) mass is 335 g/mol. The van der Waals surface area contributed by atoms with E-state index < -0.39 is 0 Å². The van der Waals surface area contributed by atoms with Crippen LogP contribution < -0.4 is 5.32 Å². The molecule has 0 radical (unpaired) electrons. The molecule has 3 aromatic rings. The molecule has 1 amide bonds. The molecule has 4 rings (SSSR count). The number of para-hydroxylation sites is 1. The van der Waals surface area contributed by atoms with E-state index in [1.807, 2.05) is 54.4 Å². The molecule has 4 nitrogen and oxygen atoms in total. The minimum Gasteiger partial charge on any atom is -0.334 e. The summed E-state index contributed by atoms with van der Waals surface area (Å²) < 4.78 is 2.26. The zero-order chi connectivity index (χ0) is 16.4. The van der Waals surface area contributed by atoms with Crippen molar-refractivity contribution in [3.63, 3.8) is 0 Å². The van der Waals surface area contributed by atoms with Crippen LogP contribution in [0.4, 0.5) is 5.69 Å². The van der Waals surface area contributed by atoms with Crippen molar-refractivity contribution in [3.05, 3.63) is 83.9 Å². The number of carbonyl (C=O) groups is 1. The number of anilines is 1. The van der Waals surface area contributed by atoms with E-state index in [1.54, 1.807) is 6.20 Å². The summed E-state index contributed by atoms with van der Waals surface area (Å²) in [7, 11) is 0. The van der Waals surface area contributed by atoms with Crippen molar-refractivity contribution in [2.24, 2.45) is 0 Å². The number of aromatic nitrogens is 2. The van der Waals surface area contributed by atoms with E-state index in [0.717, 1.165) is 17.0 Å². The Bertz CT molecular complexity index is 846. The van der Waals surface area contributed by atoms with Gasteiger partial charge < -0.3 is 9.88 Å². The Morgan fingerprint density at radius 2 is 2.08 bits per heavy atom. The highest BCUT2D eigenvalue weighted by Crippen LogP contribution is 2.41. The molecule has 0 fully saturated rings. The van der Waals surface area contributed by atoms with Crippen LogP contribution in [-0.4, -0.2) is 15.5 Å². The summed E-state index contributed by atoms with van der Waals surface area (Å²) in [4.78, 5) is 16.5. The third-order valence-electron chi connectivity index (χ3n) is 4.13. The van der Waals surface area contributed by atoms with Gasteiger partial charge in [-0.3, -0.25) is 9.78 Å². The first-order valence-corrected chi connectivity index (χ1v) is 8.91. The fourth-order valence-corrected chi connectivity index (χ4v) is 4.33. The van der Waals surface area contributed by atoms with Crippen LogP contribution in [0.1, 0.15) is 22.2 Å². The molecule has 1 atom stereocenters. The molecule has 3 heterocycles. The molecule has 120 valence electrons. The molecular formula is C19H17N3OS. The van der Waals surface area contributed by atoms with E-state index in [1.165, 1.54) is 11.3 Å². The van der Waals surface area contributed by atoms with Crippen molar-refractivity contribution in [2.45, 2.75) is 17.5 Å². The van der Waals surface area contributed by atoms with Crippen LogP contribution in [0.15, 0.2) is 67.1 Å². The maximum absolute atomic E-state index is 12.3. The van der Waals surface area contributed by atoms with Crippen LogP contribution in [0.5, 0.6) is 0 Å². The zero-order valence-corrected chi connectivity index (χ0v) is 13.9. The van der Waals surface area contributed by atoms with Gasteiger partial charge in [0.25, 0.3) is 0 Å². The van der Waals surface area contributed by atoms with Crippen LogP contribution in [0.3, 0.4) is 0 Å². The summed E-state index contributed by atoms with van der Waals surface area (Å²) in [6, 6.07) is 15.7. The first-order valence-electron chi connectivity index (χ1n) is 7.86. The number of benzene rings is 1. The summed E-state index contributed by atoms with van der Waals surface area (Å²) in [5.74, 6) is 0.936. The third kappa shape index (κ3) is 2.95. The normalized spacial score (nSPS) is 15.9. The molecule has 1 aliphatic rings. The molecule has 24 heavy (non-hydrogen) atoms. The molecule has 1 aliphatic heterocycles. The number of hydrogen-bond donors (Lipinski definition) is 1. The van der Waals surface area contributed by atoms with Crippen LogP contribution in [0.25, 0.3) is 0 Å². The van der Waals surface area contributed by atoms with Crippen LogP contribution in [0, 0.1) is 0 Å². The van der Waals surface area contributed by atoms with Gasteiger partial charge in [0.1, 0.15) is 5.37 Å². The lowest BCUT2D eigenvalue weighted by molar-refractivity contribution is -0.115. The maximum atomic E-state index is 12.3. The summed E-state index contributed by atoms with van der Waals surface area (Å²) in [6.45, 7) is 0. The Balaban J connectivity index is 1.50. The van der Waals surface area contributed by atoms with Crippen molar-refractivity contribution in [1.29, 1.82) is 0 Å². The minimum atomic E-state index is 0.0185. The predicted molar refractivity (Wildman–Crippen MR) is 96.9 cm³/mol. The molecule has 0 aliphatic carbocycles. The van der Waals surface area contributed by atoms with E-state index >= 15 is 0 Å². The molecule has 1 aromatic carbocycles. The second kappa shape index (κ2) is 6.53. The Morgan fingerprint density at radius 3 is 2.88 bits per heavy atom. The lowest BCUT2D eigenvalue weighted by atomic mass is 10.1. The second-order valence-corrected chi connectivity index (χ2v) is 6.80. The van der Waals surface area contributed by atoms with E-state index in [9.17, 15) is 4.79 Å². The number of fused-ring (bicyclic) bond motifs is 1. The van der Waals surface area contributed by atoms with Gasteiger partial charge in [0.05, 0.1) is 6.42 Å². The van der Waals surface area contributed by atoms with Gasteiger partial charge in [0, 0.05) is 41.3 Å². The summed E-state index contributed by atoms with van der Waals surface area (Å²) >= 11 is 1.87. The van der Waals surface area contributed by atoms with E-state index in [2.05, 4.69) is 33.2 Å². The standard InChI is InChI=1S/C19H17N3OS/c23-18(21-16-6-2-1-3-7-16)11-14-8-10-22-17(14)13-24-19(22)15-5-4-9-20-12-15/h1-10,12,19H,11,13H2,(H,21,23). The van der Waals surface area contributed by atoms with Gasteiger partial charge in [-0.2, -0.15) is 0 Å². The summed E-state index contributed by atoms with van der Waals surface area (Å²) in [6.07, 6.45) is 6.18. The second-order valence-electron chi connectivity index (χ2n) is 5.74. The largest absolute Gasteiger partial charge is 0.334 e. The fraction of sp³-hybridized carbons (Fsp3) is 0.158. The molecule has 1 unspecified atom stereocenters. The topological polar surface area (TPSA) is 46.9 Å². The number of pyridine rings is 1.